The van der Waals surface area contributed by atoms with Crippen molar-refractivity contribution in [2.75, 3.05) is 0 Å². The van der Waals surface area contributed by atoms with Gasteiger partial charge in [0.25, 0.3) is 0 Å². The molecule has 7 heteroatoms. The first-order valence-corrected chi connectivity index (χ1v) is 12.8. The Morgan fingerprint density at radius 1 is 0.538 bits per heavy atom. The normalized spacial score (nSPS) is 15.1. The van der Waals surface area contributed by atoms with Crippen LogP contribution in [0.4, 0.5) is 0 Å². The molecule has 39 heavy (non-hydrogen) atoms. The Labute approximate surface area is 246 Å². The zero-order valence-corrected chi connectivity index (χ0v) is 26.6. The zero-order chi connectivity index (χ0) is 29.5. The topological polar surface area (TPSA) is 77.4 Å². The molecule has 0 fully saturated rings. The SMILES string of the molecule is CC(C)(C)OOC(C)(C)C#CC(C)(O)c1cc[cH-]c1.CC(C)(C)OOC(C)(C)C#CC(C)(O)c1cc[cH-]c1.[Fe+2]. The third kappa shape index (κ3) is 15.5. The summed E-state index contributed by atoms with van der Waals surface area (Å²) in [5.74, 6) is 11.5. The van der Waals surface area contributed by atoms with E-state index in [0.29, 0.717) is 0 Å². The van der Waals surface area contributed by atoms with Crippen LogP contribution in [0.3, 0.4) is 0 Å². The van der Waals surface area contributed by atoms with Gasteiger partial charge >= 0.3 is 17.1 Å². The molecule has 218 valence electrons. The van der Waals surface area contributed by atoms with Crippen LogP contribution in [-0.2, 0) is 47.8 Å². The largest absolute Gasteiger partial charge is 2.00 e. The maximum atomic E-state index is 10.3. The summed E-state index contributed by atoms with van der Waals surface area (Å²) in [5.41, 5.74) is -3.20. The first-order valence-electron chi connectivity index (χ1n) is 12.8. The van der Waals surface area contributed by atoms with Crippen molar-refractivity contribution in [1.82, 2.24) is 0 Å². The van der Waals surface area contributed by atoms with Gasteiger partial charge in [0.05, 0.1) is 22.4 Å². The van der Waals surface area contributed by atoms with Crippen molar-refractivity contribution in [3.05, 3.63) is 59.7 Å². The Balaban J connectivity index is 0.000000722. The second kappa shape index (κ2) is 14.1. The molecule has 2 rings (SSSR count). The van der Waals surface area contributed by atoms with Gasteiger partial charge in [-0.2, -0.15) is 47.5 Å². The molecule has 2 unspecified atom stereocenters. The molecule has 0 bridgehead atoms. The summed E-state index contributed by atoms with van der Waals surface area (Å²) in [6.07, 6.45) is 0. The Bertz CT molecular complexity index is 998. The fraction of sp³-hybridized carbons (Fsp3) is 0.562. The van der Waals surface area contributed by atoms with E-state index in [1.807, 2.05) is 90.1 Å². The summed E-state index contributed by atoms with van der Waals surface area (Å²) >= 11 is 0. The average Bonchev–Trinajstić information content (AvgIpc) is 3.49. The van der Waals surface area contributed by atoms with Crippen LogP contribution in [0.25, 0.3) is 0 Å². The van der Waals surface area contributed by atoms with Gasteiger partial charge in [0.15, 0.2) is 11.2 Å². The Morgan fingerprint density at radius 2 is 0.846 bits per heavy atom. The van der Waals surface area contributed by atoms with E-state index in [4.69, 9.17) is 19.6 Å². The molecule has 0 saturated heterocycles. The van der Waals surface area contributed by atoms with Gasteiger partial charge in [-0.15, -0.1) is 0 Å². The smallest absolute Gasteiger partial charge is 0.386 e. The van der Waals surface area contributed by atoms with Gasteiger partial charge in [0, 0.05) is 0 Å². The monoisotopic (exact) mass is 582 g/mol. The summed E-state index contributed by atoms with van der Waals surface area (Å²) in [7, 11) is 0. The minimum atomic E-state index is -1.19. The summed E-state index contributed by atoms with van der Waals surface area (Å²) in [6, 6.07) is 14.8. The number of hydrogen-bond acceptors (Lipinski definition) is 6. The van der Waals surface area contributed by atoms with E-state index in [1.165, 1.54) is 0 Å². The summed E-state index contributed by atoms with van der Waals surface area (Å²) in [4.78, 5) is 21.2. The quantitative estimate of drug-likeness (QED) is 0.137. The van der Waals surface area contributed by atoms with Crippen LogP contribution in [0, 0.1) is 23.7 Å². The first kappa shape index (κ1) is 37.1. The minimum Gasteiger partial charge on any atom is -0.386 e. The molecule has 0 aliphatic rings. The zero-order valence-electron chi connectivity index (χ0n) is 25.5. The molecule has 2 atom stereocenters. The van der Waals surface area contributed by atoms with Gasteiger partial charge in [-0.1, -0.05) is 23.7 Å². The van der Waals surface area contributed by atoms with E-state index in [9.17, 15) is 10.2 Å². The molecule has 0 aliphatic carbocycles. The number of aliphatic hydroxyl groups is 2. The van der Waals surface area contributed by atoms with Gasteiger partial charge in [-0.25, -0.2) is 31.7 Å². The molecule has 0 radical (unpaired) electrons. The van der Waals surface area contributed by atoms with Crippen molar-refractivity contribution < 1.29 is 46.8 Å². The van der Waals surface area contributed by atoms with Gasteiger partial charge in [-0.05, 0) is 83.1 Å². The molecule has 0 aliphatic heterocycles. The van der Waals surface area contributed by atoms with Gasteiger partial charge < -0.3 is 10.2 Å². The van der Waals surface area contributed by atoms with Crippen molar-refractivity contribution in [2.45, 2.75) is 117 Å². The molecule has 2 aromatic carbocycles. The van der Waals surface area contributed by atoms with E-state index < -0.39 is 33.6 Å². The van der Waals surface area contributed by atoms with E-state index in [-0.39, 0.29) is 17.1 Å². The number of hydrogen-bond donors (Lipinski definition) is 2. The van der Waals surface area contributed by atoms with Crippen LogP contribution >= 0.6 is 0 Å². The molecule has 0 amide bonds. The summed E-state index contributed by atoms with van der Waals surface area (Å²) < 4.78 is 0. The molecule has 0 saturated carbocycles. The molecular formula is C32H46FeO6. The van der Waals surface area contributed by atoms with E-state index >= 15 is 0 Å². The molecular weight excluding hydrogens is 536 g/mol. The van der Waals surface area contributed by atoms with Crippen molar-refractivity contribution in [2.24, 2.45) is 0 Å². The van der Waals surface area contributed by atoms with Crippen molar-refractivity contribution in [3.8, 4) is 23.7 Å². The Morgan fingerprint density at radius 3 is 1.08 bits per heavy atom. The second-order valence-electron chi connectivity index (χ2n) is 12.6. The van der Waals surface area contributed by atoms with Crippen molar-refractivity contribution in [1.29, 1.82) is 0 Å². The van der Waals surface area contributed by atoms with Crippen LogP contribution in [0.15, 0.2) is 48.5 Å². The van der Waals surface area contributed by atoms with Crippen LogP contribution in [0.5, 0.6) is 0 Å². The third-order valence-electron chi connectivity index (χ3n) is 4.66. The summed E-state index contributed by atoms with van der Waals surface area (Å²) in [5, 5.41) is 20.6. The maximum Gasteiger partial charge on any atom is 2.00 e. The van der Waals surface area contributed by atoms with Gasteiger partial charge in [0.1, 0.15) is 0 Å². The van der Waals surface area contributed by atoms with Crippen molar-refractivity contribution in [3.63, 3.8) is 0 Å². The van der Waals surface area contributed by atoms with Gasteiger partial charge in [-0.3, -0.25) is 0 Å². The first-order chi connectivity index (χ1) is 17.0. The molecule has 2 aromatic rings. The average molecular weight is 583 g/mol. The minimum absolute atomic E-state index is 0. The van der Waals surface area contributed by atoms with E-state index in [2.05, 4.69) is 23.7 Å². The van der Waals surface area contributed by atoms with Crippen LogP contribution in [0.1, 0.15) is 94.2 Å². The fourth-order valence-electron chi connectivity index (χ4n) is 2.59. The summed E-state index contributed by atoms with van der Waals surface area (Å²) in [6.45, 7) is 21.9. The third-order valence-corrected chi connectivity index (χ3v) is 4.66. The molecule has 0 heterocycles. The molecule has 0 spiro atoms. The van der Waals surface area contributed by atoms with Gasteiger partial charge in [0.2, 0.25) is 0 Å². The predicted octanol–water partition coefficient (Wildman–Crippen LogP) is 6.28. The van der Waals surface area contributed by atoms with Crippen molar-refractivity contribution >= 4 is 0 Å². The standard InChI is InChI=1S/2C16H23O3.Fe/c2*1-14(2,3)18-19-15(4,5)11-12-16(6,17)13-9-7-8-10-13;/h2*7-10,17H,1-6H3;/q2*-1;+2. The fourth-order valence-corrected chi connectivity index (χ4v) is 2.59. The second-order valence-corrected chi connectivity index (χ2v) is 12.6. The Kier molecular flexibility index (Phi) is 13.4. The maximum absolute atomic E-state index is 10.3. The molecule has 0 aromatic heterocycles. The van der Waals surface area contributed by atoms with Crippen LogP contribution < -0.4 is 0 Å². The molecule has 6 nitrogen and oxygen atoms in total. The van der Waals surface area contributed by atoms with Crippen LogP contribution in [0.2, 0.25) is 0 Å². The van der Waals surface area contributed by atoms with E-state index in [1.54, 1.807) is 41.5 Å². The molecule has 2 N–H and O–H groups in total. The van der Waals surface area contributed by atoms with E-state index in [0.717, 1.165) is 11.1 Å². The Hall–Kier alpha value is -1.90. The number of rotatable bonds is 6. The predicted molar refractivity (Wildman–Crippen MR) is 151 cm³/mol. The van der Waals surface area contributed by atoms with Crippen LogP contribution in [-0.4, -0.2) is 32.6 Å².